The summed E-state index contributed by atoms with van der Waals surface area (Å²) in [4.78, 5) is 0. The minimum absolute atomic E-state index is 0.499. The van der Waals surface area contributed by atoms with Crippen LogP contribution in [0.5, 0.6) is 0 Å². The zero-order chi connectivity index (χ0) is 17.7. The van der Waals surface area contributed by atoms with Crippen molar-refractivity contribution in [2.75, 3.05) is 19.8 Å². The molecule has 0 fully saturated rings. The van der Waals surface area contributed by atoms with Gasteiger partial charge in [-0.3, -0.25) is 0 Å². The SMILES string of the molecule is CCCCCCCCCCOCC(C)NCCCCCCCCC. The Hall–Kier alpha value is -0.0800. The van der Waals surface area contributed by atoms with E-state index < -0.39 is 0 Å². The highest BCUT2D eigenvalue weighted by molar-refractivity contribution is 4.59. The summed E-state index contributed by atoms with van der Waals surface area (Å²) in [7, 11) is 0. The Labute approximate surface area is 153 Å². The third kappa shape index (κ3) is 20.0. The van der Waals surface area contributed by atoms with E-state index in [1.807, 2.05) is 0 Å². The molecule has 146 valence electrons. The van der Waals surface area contributed by atoms with Crippen molar-refractivity contribution < 1.29 is 4.74 Å². The molecule has 0 saturated heterocycles. The first-order valence-electron chi connectivity index (χ1n) is 11.1. The number of nitrogens with one attached hydrogen (secondary N) is 1. The van der Waals surface area contributed by atoms with Gasteiger partial charge in [-0.05, 0) is 26.3 Å². The van der Waals surface area contributed by atoms with Gasteiger partial charge in [0.2, 0.25) is 0 Å². The largest absolute Gasteiger partial charge is 0.380 e. The second-order valence-electron chi connectivity index (χ2n) is 7.53. The maximum atomic E-state index is 5.80. The highest BCUT2D eigenvalue weighted by Crippen LogP contribution is 2.08. The van der Waals surface area contributed by atoms with Crippen LogP contribution in [0.4, 0.5) is 0 Å². The summed E-state index contributed by atoms with van der Waals surface area (Å²) in [5.74, 6) is 0. The molecule has 0 spiro atoms. The van der Waals surface area contributed by atoms with Crippen LogP contribution in [0.15, 0.2) is 0 Å². The van der Waals surface area contributed by atoms with Crippen molar-refractivity contribution in [3.63, 3.8) is 0 Å². The molecule has 0 amide bonds. The lowest BCUT2D eigenvalue weighted by Crippen LogP contribution is -2.31. The molecule has 0 radical (unpaired) electrons. The van der Waals surface area contributed by atoms with Crippen LogP contribution < -0.4 is 5.32 Å². The number of ether oxygens (including phenoxy) is 1. The molecule has 0 heterocycles. The Balaban J connectivity index is 3.11. The predicted molar refractivity (Wildman–Crippen MR) is 109 cm³/mol. The quantitative estimate of drug-likeness (QED) is 0.244. The molecular weight excluding hydrogens is 294 g/mol. The average molecular weight is 342 g/mol. The molecule has 2 nitrogen and oxygen atoms in total. The van der Waals surface area contributed by atoms with Gasteiger partial charge in [0.15, 0.2) is 0 Å². The highest BCUT2D eigenvalue weighted by Gasteiger charge is 2.01. The van der Waals surface area contributed by atoms with Crippen LogP contribution in [-0.2, 0) is 4.74 Å². The van der Waals surface area contributed by atoms with Crippen LogP contribution in [0.3, 0.4) is 0 Å². The summed E-state index contributed by atoms with van der Waals surface area (Å²) in [5.41, 5.74) is 0. The van der Waals surface area contributed by atoms with Gasteiger partial charge in [-0.2, -0.15) is 0 Å². The fourth-order valence-corrected chi connectivity index (χ4v) is 3.09. The molecule has 1 atom stereocenters. The molecule has 2 heteroatoms. The zero-order valence-electron chi connectivity index (χ0n) is 17.2. The van der Waals surface area contributed by atoms with Crippen LogP contribution in [0.1, 0.15) is 117 Å². The van der Waals surface area contributed by atoms with Gasteiger partial charge in [0.25, 0.3) is 0 Å². The van der Waals surface area contributed by atoms with Crippen molar-refractivity contribution in [1.82, 2.24) is 5.32 Å². The Morgan fingerprint density at radius 3 is 1.62 bits per heavy atom. The number of unbranched alkanes of at least 4 members (excludes halogenated alkanes) is 13. The lowest BCUT2D eigenvalue weighted by molar-refractivity contribution is 0.112. The van der Waals surface area contributed by atoms with E-state index in [1.54, 1.807) is 0 Å². The lowest BCUT2D eigenvalue weighted by Gasteiger charge is -2.14. The Morgan fingerprint density at radius 2 is 1.08 bits per heavy atom. The molecule has 0 aliphatic rings. The predicted octanol–water partition coefficient (Wildman–Crippen LogP) is 6.87. The number of hydrogen-bond donors (Lipinski definition) is 1. The standard InChI is InChI=1S/C22H47NO/c1-4-6-8-10-12-14-16-18-20-24-21-22(3)23-19-17-15-13-11-9-7-5-2/h22-23H,4-21H2,1-3H3. The summed E-state index contributed by atoms with van der Waals surface area (Å²) in [6.45, 7) is 9.76. The van der Waals surface area contributed by atoms with Crippen molar-refractivity contribution in [1.29, 1.82) is 0 Å². The van der Waals surface area contributed by atoms with Crippen LogP contribution >= 0.6 is 0 Å². The van der Waals surface area contributed by atoms with Gasteiger partial charge in [0.1, 0.15) is 0 Å². The van der Waals surface area contributed by atoms with E-state index in [0.29, 0.717) is 6.04 Å². The molecule has 0 aromatic carbocycles. The zero-order valence-corrected chi connectivity index (χ0v) is 17.2. The topological polar surface area (TPSA) is 21.3 Å². The average Bonchev–Trinajstić information content (AvgIpc) is 2.59. The van der Waals surface area contributed by atoms with Gasteiger partial charge >= 0.3 is 0 Å². The third-order valence-corrected chi connectivity index (χ3v) is 4.78. The van der Waals surface area contributed by atoms with E-state index in [2.05, 4.69) is 26.1 Å². The minimum atomic E-state index is 0.499. The molecule has 0 aromatic heterocycles. The van der Waals surface area contributed by atoms with Gasteiger partial charge in [-0.1, -0.05) is 97.3 Å². The molecule has 0 aliphatic heterocycles. The van der Waals surface area contributed by atoms with E-state index in [1.165, 1.54) is 96.3 Å². The smallest absolute Gasteiger partial charge is 0.0616 e. The highest BCUT2D eigenvalue weighted by atomic mass is 16.5. The van der Waals surface area contributed by atoms with Gasteiger partial charge in [-0.25, -0.2) is 0 Å². The summed E-state index contributed by atoms with van der Waals surface area (Å²) in [6, 6.07) is 0.499. The monoisotopic (exact) mass is 341 g/mol. The van der Waals surface area contributed by atoms with E-state index >= 15 is 0 Å². The second kappa shape index (κ2) is 21.0. The Bertz CT molecular complexity index is 220. The Morgan fingerprint density at radius 1 is 0.625 bits per heavy atom. The van der Waals surface area contributed by atoms with Gasteiger partial charge < -0.3 is 10.1 Å². The van der Waals surface area contributed by atoms with Crippen LogP contribution in [0, 0.1) is 0 Å². The molecule has 0 aliphatic carbocycles. The first-order chi connectivity index (χ1) is 11.8. The van der Waals surface area contributed by atoms with E-state index in [-0.39, 0.29) is 0 Å². The molecule has 1 N–H and O–H groups in total. The van der Waals surface area contributed by atoms with E-state index in [0.717, 1.165) is 19.8 Å². The van der Waals surface area contributed by atoms with Crippen LogP contribution in [0.25, 0.3) is 0 Å². The number of hydrogen-bond acceptors (Lipinski definition) is 2. The van der Waals surface area contributed by atoms with Crippen molar-refractivity contribution >= 4 is 0 Å². The minimum Gasteiger partial charge on any atom is -0.380 e. The molecule has 0 bridgehead atoms. The van der Waals surface area contributed by atoms with Gasteiger partial charge in [0, 0.05) is 12.6 Å². The van der Waals surface area contributed by atoms with Crippen molar-refractivity contribution in [3.8, 4) is 0 Å². The normalized spacial score (nSPS) is 12.6. The molecule has 1 unspecified atom stereocenters. The first kappa shape index (κ1) is 23.9. The summed E-state index contributed by atoms with van der Waals surface area (Å²) >= 11 is 0. The van der Waals surface area contributed by atoms with Crippen molar-refractivity contribution in [3.05, 3.63) is 0 Å². The van der Waals surface area contributed by atoms with Crippen LogP contribution in [0.2, 0.25) is 0 Å². The molecule has 0 aromatic rings. The molecular formula is C22H47NO. The van der Waals surface area contributed by atoms with E-state index in [9.17, 15) is 0 Å². The molecule has 24 heavy (non-hydrogen) atoms. The molecule has 0 rings (SSSR count). The fourth-order valence-electron chi connectivity index (χ4n) is 3.09. The summed E-state index contributed by atoms with van der Waals surface area (Å²) < 4.78 is 5.80. The maximum Gasteiger partial charge on any atom is 0.0616 e. The maximum absolute atomic E-state index is 5.80. The summed E-state index contributed by atoms with van der Waals surface area (Å²) in [6.07, 6.45) is 20.7. The summed E-state index contributed by atoms with van der Waals surface area (Å²) in [5, 5.41) is 3.59. The molecule has 0 saturated carbocycles. The van der Waals surface area contributed by atoms with Gasteiger partial charge in [-0.15, -0.1) is 0 Å². The second-order valence-corrected chi connectivity index (χ2v) is 7.53. The van der Waals surface area contributed by atoms with Crippen molar-refractivity contribution in [2.45, 2.75) is 123 Å². The van der Waals surface area contributed by atoms with E-state index in [4.69, 9.17) is 4.74 Å². The lowest BCUT2D eigenvalue weighted by atomic mass is 10.1. The third-order valence-electron chi connectivity index (χ3n) is 4.78. The van der Waals surface area contributed by atoms with Crippen LogP contribution in [-0.4, -0.2) is 25.8 Å². The Kier molecular flexibility index (Phi) is 20.9. The first-order valence-corrected chi connectivity index (χ1v) is 11.1. The number of rotatable bonds is 20. The fraction of sp³-hybridized carbons (Fsp3) is 1.00. The van der Waals surface area contributed by atoms with Gasteiger partial charge in [0.05, 0.1) is 6.61 Å². The van der Waals surface area contributed by atoms with Crippen molar-refractivity contribution in [2.24, 2.45) is 0 Å².